The minimum atomic E-state index is -0.239. The zero-order valence-electron chi connectivity index (χ0n) is 19.5. The number of benzene rings is 3. The quantitative estimate of drug-likeness (QED) is 0.251. The first-order chi connectivity index (χ1) is 16.7. The van der Waals surface area contributed by atoms with E-state index in [0.29, 0.717) is 6.61 Å². The maximum atomic E-state index is 13.4. The van der Waals surface area contributed by atoms with E-state index in [-0.39, 0.29) is 17.6 Å². The Bertz CT molecular complexity index is 980. The molecule has 4 rings (SSSR count). The molecule has 0 saturated carbocycles. The summed E-state index contributed by atoms with van der Waals surface area (Å²) in [5, 5.41) is 4.36. The molecule has 0 atom stereocenters. The van der Waals surface area contributed by atoms with Gasteiger partial charge in [0.2, 0.25) is 0 Å². The molecule has 0 unspecified atom stereocenters. The van der Waals surface area contributed by atoms with Gasteiger partial charge in [-0.05, 0) is 60.3 Å². The fourth-order valence-corrected chi connectivity index (χ4v) is 4.51. The van der Waals surface area contributed by atoms with Crippen molar-refractivity contribution in [1.29, 1.82) is 0 Å². The molecule has 0 N–H and O–H groups in total. The number of halogens is 2. The van der Waals surface area contributed by atoms with E-state index >= 15 is 0 Å². The first-order valence-corrected chi connectivity index (χ1v) is 12.1. The summed E-state index contributed by atoms with van der Waals surface area (Å²) in [6.45, 7) is 3.57. The number of likely N-dealkylation sites (tertiary alicyclic amines) is 1. The number of piperidine rings is 1. The molecule has 3 aromatic carbocycles. The second-order valence-electron chi connectivity index (χ2n) is 8.87. The van der Waals surface area contributed by atoms with Gasteiger partial charge in [0.25, 0.3) is 0 Å². The minimum Gasteiger partial charge on any atom is -0.396 e. The summed E-state index contributed by atoms with van der Waals surface area (Å²) in [6.07, 6.45) is 4.68. The van der Waals surface area contributed by atoms with E-state index in [1.165, 1.54) is 29.8 Å². The van der Waals surface area contributed by atoms with E-state index < -0.39 is 0 Å². The first kappa shape index (κ1) is 24.1. The fraction of sp³-hybridized carbons (Fsp3) is 0.345. The molecule has 5 heteroatoms. The lowest BCUT2D eigenvalue weighted by molar-refractivity contribution is 0.143. The molecule has 0 aliphatic carbocycles. The number of hydrogen-bond acceptors (Lipinski definition) is 3. The monoisotopic (exact) mass is 462 g/mol. The van der Waals surface area contributed by atoms with Crippen LogP contribution < -0.4 is 0 Å². The standard InChI is InChI=1S/C29H32F2N2O/c30-26-12-8-24(9-13-26)29(25-10-14-27(31)15-11-25)7-4-19-33-20-16-28(17-21-33)32-34-22-18-23-5-2-1-3-6-23/h1-3,5-6,8-15,29H,4,7,16-22H2. The van der Waals surface area contributed by atoms with Gasteiger partial charge in [-0.25, -0.2) is 8.78 Å². The normalized spacial score (nSPS) is 14.4. The van der Waals surface area contributed by atoms with E-state index in [1.807, 2.05) is 42.5 Å². The van der Waals surface area contributed by atoms with Crippen LogP contribution in [0.5, 0.6) is 0 Å². The largest absolute Gasteiger partial charge is 0.396 e. The zero-order chi connectivity index (χ0) is 23.6. The van der Waals surface area contributed by atoms with Crippen LogP contribution in [0.3, 0.4) is 0 Å². The Hall–Kier alpha value is -3.05. The van der Waals surface area contributed by atoms with Crippen LogP contribution in [0.4, 0.5) is 8.78 Å². The van der Waals surface area contributed by atoms with Gasteiger partial charge < -0.3 is 9.74 Å². The minimum absolute atomic E-state index is 0.126. The third-order valence-corrected chi connectivity index (χ3v) is 6.46. The van der Waals surface area contributed by atoms with Gasteiger partial charge in [0, 0.05) is 38.3 Å². The van der Waals surface area contributed by atoms with Crippen LogP contribution in [0, 0.1) is 11.6 Å². The average Bonchev–Trinajstić information content (AvgIpc) is 2.87. The predicted octanol–water partition coefficient (Wildman–Crippen LogP) is 6.59. The van der Waals surface area contributed by atoms with Crippen molar-refractivity contribution in [2.75, 3.05) is 26.2 Å². The highest BCUT2D eigenvalue weighted by Crippen LogP contribution is 2.30. The molecule has 34 heavy (non-hydrogen) atoms. The topological polar surface area (TPSA) is 24.8 Å². The third kappa shape index (κ3) is 7.22. The lowest BCUT2D eigenvalue weighted by Crippen LogP contribution is -2.34. The van der Waals surface area contributed by atoms with Gasteiger partial charge in [-0.15, -0.1) is 0 Å². The molecule has 0 amide bonds. The molecule has 0 aromatic heterocycles. The molecule has 1 aliphatic rings. The molecule has 0 bridgehead atoms. The van der Waals surface area contributed by atoms with Crippen molar-refractivity contribution in [3.8, 4) is 0 Å². The van der Waals surface area contributed by atoms with E-state index in [0.717, 1.165) is 68.6 Å². The summed E-state index contributed by atoms with van der Waals surface area (Å²) in [4.78, 5) is 8.02. The number of hydrogen-bond donors (Lipinski definition) is 0. The second-order valence-corrected chi connectivity index (χ2v) is 8.87. The summed E-state index contributed by atoms with van der Waals surface area (Å²) >= 11 is 0. The van der Waals surface area contributed by atoms with Gasteiger partial charge in [-0.2, -0.15) is 0 Å². The van der Waals surface area contributed by atoms with Crippen LogP contribution in [0.1, 0.15) is 48.3 Å². The second kappa shape index (κ2) is 12.4. The molecule has 0 radical (unpaired) electrons. The molecular formula is C29H32F2N2O. The Morgan fingerprint density at radius 3 is 1.97 bits per heavy atom. The Morgan fingerprint density at radius 2 is 1.38 bits per heavy atom. The van der Waals surface area contributed by atoms with Gasteiger partial charge >= 0.3 is 0 Å². The van der Waals surface area contributed by atoms with Crippen LogP contribution in [0.25, 0.3) is 0 Å². The smallest absolute Gasteiger partial charge is 0.123 e. The molecule has 178 valence electrons. The van der Waals surface area contributed by atoms with Gasteiger partial charge in [0.15, 0.2) is 0 Å². The van der Waals surface area contributed by atoms with Crippen molar-refractivity contribution in [2.45, 2.75) is 38.0 Å². The van der Waals surface area contributed by atoms with Gasteiger partial charge in [-0.3, -0.25) is 0 Å². The summed E-state index contributed by atoms with van der Waals surface area (Å²) in [5.41, 5.74) is 4.53. The maximum absolute atomic E-state index is 13.4. The zero-order valence-corrected chi connectivity index (χ0v) is 19.5. The number of oxime groups is 1. The van der Waals surface area contributed by atoms with Crippen molar-refractivity contribution < 1.29 is 13.6 Å². The van der Waals surface area contributed by atoms with E-state index in [2.05, 4.69) is 22.2 Å². The fourth-order valence-electron chi connectivity index (χ4n) is 4.51. The molecule has 3 nitrogen and oxygen atoms in total. The highest BCUT2D eigenvalue weighted by atomic mass is 19.1. The molecule has 1 heterocycles. The molecule has 0 spiro atoms. The lowest BCUT2D eigenvalue weighted by atomic mass is 9.87. The molecule has 3 aromatic rings. The van der Waals surface area contributed by atoms with Gasteiger partial charge in [0.1, 0.15) is 18.2 Å². The first-order valence-electron chi connectivity index (χ1n) is 12.1. The number of rotatable bonds is 10. The van der Waals surface area contributed by atoms with Crippen LogP contribution in [0.15, 0.2) is 84.0 Å². The predicted molar refractivity (Wildman–Crippen MR) is 133 cm³/mol. The van der Waals surface area contributed by atoms with E-state index in [9.17, 15) is 8.78 Å². The van der Waals surface area contributed by atoms with E-state index in [4.69, 9.17) is 4.84 Å². The Balaban J connectivity index is 1.22. The Labute approximate surface area is 201 Å². The van der Waals surface area contributed by atoms with Crippen LogP contribution in [-0.2, 0) is 11.3 Å². The highest BCUT2D eigenvalue weighted by molar-refractivity contribution is 5.84. The summed E-state index contributed by atoms with van der Waals surface area (Å²) < 4.78 is 26.9. The summed E-state index contributed by atoms with van der Waals surface area (Å²) in [7, 11) is 0. The molecule has 1 aliphatic heterocycles. The number of nitrogens with zero attached hydrogens (tertiary/aromatic N) is 2. The Kier molecular flexibility index (Phi) is 8.80. The highest BCUT2D eigenvalue weighted by Gasteiger charge is 2.18. The maximum Gasteiger partial charge on any atom is 0.123 e. The van der Waals surface area contributed by atoms with Crippen molar-refractivity contribution in [2.24, 2.45) is 5.16 Å². The summed E-state index contributed by atoms with van der Waals surface area (Å²) in [6, 6.07) is 23.7. The Morgan fingerprint density at radius 1 is 0.794 bits per heavy atom. The van der Waals surface area contributed by atoms with Crippen molar-refractivity contribution in [3.05, 3.63) is 107 Å². The molecule has 1 saturated heterocycles. The van der Waals surface area contributed by atoms with Crippen molar-refractivity contribution in [1.82, 2.24) is 4.90 Å². The van der Waals surface area contributed by atoms with Crippen LogP contribution >= 0.6 is 0 Å². The average molecular weight is 463 g/mol. The van der Waals surface area contributed by atoms with E-state index in [1.54, 1.807) is 0 Å². The van der Waals surface area contributed by atoms with Crippen molar-refractivity contribution in [3.63, 3.8) is 0 Å². The van der Waals surface area contributed by atoms with Gasteiger partial charge in [-0.1, -0.05) is 59.8 Å². The van der Waals surface area contributed by atoms with Crippen molar-refractivity contribution >= 4 is 5.71 Å². The third-order valence-electron chi connectivity index (χ3n) is 6.46. The van der Waals surface area contributed by atoms with Crippen LogP contribution in [-0.4, -0.2) is 36.9 Å². The van der Waals surface area contributed by atoms with Crippen LogP contribution in [0.2, 0.25) is 0 Å². The van der Waals surface area contributed by atoms with Gasteiger partial charge in [0.05, 0.1) is 5.71 Å². The molecular weight excluding hydrogens is 430 g/mol. The summed E-state index contributed by atoms with van der Waals surface area (Å²) in [5.74, 6) is -0.353. The molecule has 1 fully saturated rings. The SMILES string of the molecule is Fc1ccc(C(CCCN2CCC(=NOCCc3ccccc3)CC2)c2ccc(F)cc2)cc1. The lowest BCUT2D eigenvalue weighted by Gasteiger charge is -2.28.